The number of para-hydroxylation sites is 1. The Bertz CT molecular complexity index is 784. The van der Waals surface area contributed by atoms with Crippen LogP contribution in [0.15, 0.2) is 30.6 Å². The Morgan fingerprint density at radius 1 is 1.19 bits per heavy atom. The Labute approximate surface area is 121 Å². The minimum Gasteiger partial charge on any atom is -0.479 e. The van der Waals surface area contributed by atoms with Crippen LogP contribution < -0.4 is 10.5 Å². The first-order valence-electron chi connectivity index (χ1n) is 6.36. The highest BCUT2D eigenvalue weighted by atomic mass is 16.5. The second kappa shape index (κ2) is 5.37. The van der Waals surface area contributed by atoms with E-state index in [0.717, 1.165) is 11.3 Å². The molecule has 0 spiro atoms. The van der Waals surface area contributed by atoms with Crippen LogP contribution in [0, 0.1) is 0 Å². The van der Waals surface area contributed by atoms with Gasteiger partial charge < -0.3 is 15.2 Å². The number of rotatable bonds is 4. The number of hydrogen-bond acceptors (Lipinski definition) is 6. The van der Waals surface area contributed by atoms with Crippen LogP contribution in [0.3, 0.4) is 0 Å². The lowest BCUT2D eigenvalue weighted by molar-refractivity contribution is 0.185. The van der Waals surface area contributed by atoms with Crippen LogP contribution in [0.1, 0.15) is 5.56 Å². The van der Waals surface area contributed by atoms with E-state index in [2.05, 4.69) is 15.0 Å². The van der Waals surface area contributed by atoms with Crippen molar-refractivity contribution in [1.29, 1.82) is 0 Å². The van der Waals surface area contributed by atoms with Gasteiger partial charge >= 0.3 is 0 Å². The molecule has 3 rings (SSSR count). The molecule has 2 aromatic heterocycles. The van der Waals surface area contributed by atoms with Gasteiger partial charge in [-0.1, -0.05) is 18.2 Å². The number of nitrogens with two attached hydrogens (primary N) is 1. The second-order valence-corrected chi connectivity index (χ2v) is 4.42. The Hall–Kier alpha value is -2.67. The summed E-state index contributed by atoms with van der Waals surface area (Å²) in [4.78, 5) is 12.6. The van der Waals surface area contributed by atoms with E-state index >= 15 is 0 Å². The van der Waals surface area contributed by atoms with E-state index in [-0.39, 0.29) is 0 Å². The topological polar surface area (TPSA) is 88.1 Å². The Morgan fingerprint density at radius 2 is 2.00 bits per heavy atom. The molecular formula is C14H15N5O2. The fraction of sp³-hybridized carbons (Fsp3) is 0.214. The van der Waals surface area contributed by atoms with E-state index in [0.29, 0.717) is 29.6 Å². The highest BCUT2D eigenvalue weighted by molar-refractivity contribution is 5.81. The summed E-state index contributed by atoms with van der Waals surface area (Å²) < 4.78 is 12.2. The van der Waals surface area contributed by atoms with Crippen molar-refractivity contribution < 1.29 is 9.47 Å². The fourth-order valence-corrected chi connectivity index (χ4v) is 2.28. The van der Waals surface area contributed by atoms with Gasteiger partial charge in [-0.05, 0) is 6.07 Å². The lowest BCUT2D eigenvalue weighted by Gasteiger charge is -2.11. The number of nitrogens with zero attached hydrogens (tertiary/aromatic N) is 4. The van der Waals surface area contributed by atoms with Crippen molar-refractivity contribution >= 4 is 17.1 Å². The number of hydrogen-bond donors (Lipinski definition) is 1. The number of fused-ring (bicyclic) bond motifs is 1. The van der Waals surface area contributed by atoms with Gasteiger partial charge in [0.25, 0.3) is 0 Å². The van der Waals surface area contributed by atoms with Crippen LogP contribution in [-0.4, -0.2) is 33.7 Å². The average Bonchev–Trinajstić information content (AvgIpc) is 2.84. The minimum atomic E-state index is 0.326. The summed E-state index contributed by atoms with van der Waals surface area (Å²) >= 11 is 0. The number of imidazole rings is 1. The smallest absolute Gasteiger partial charge is 0.245 e. The summed E-state index contributed by atoms with van der Waals surface area (Å²) in [6.07, 6.45) is 1.43. The van der Waals surface area contributed by atoms with Gasteiger partial charge in [-0.15, -0.1) is 0 Å². The first kappa shape index (κ1) is 13.3. The number of benzene rings is 1. The van der Waals surface area contributed by atoms with E-state index in [1.807, 2.05) is 24.3 Å². The fourth-order valence-electron chi connectivity index (χ4n) is 2.28. The van der Waals surface area contributed by atoms with Gasteiger partial charge in [-0.2, -0.15) is 4.98 Å². The molecule has 0 aliphatic carbocycles. The predicted octanol–water partition coefficient (Wildman–Crippen LogP) is 1.55. The SMILES string of the molecule is COCc1ccccc1-n1c(N)nc2c(OC)ncnc21. The third-order valence-electron chi connectivity index (χ3n) is 3.16. The molecule has 2 N–H and O–H groups in total. The highest BCUT2D eigenvalue weighted by Gasteiger charge is 2.17. The van der Waals surface area contributed by atoms with E-state index < -0.39 is 0 Å². The minimum absolute atomic E-state index is 0.326. The van der Waals surface area contributed by atoms with Crippen molar-refractivity contribution in [2.24, 2.45) is 0 Å². The molecule has 1 aromatic carbocycles. The number of ether oxygens (including phenoxy) is 2. The van der Waals surface area contributed by atoms with Crippen molar-refractivity contribution in [2.45, 2.75) is 6.61 Å². The molecule has 0 bridgehead atoms. The van der Waals surface area contributed by atoms with Gasteiger partial charge in [0.05, 0.1) is 19.4 Å². The molecule has 2 heterocycles. The van der Waals surface area contributed by atoms with E-state index in [1.165, 1.54) is 13.4 Å². The van der Waals surface area contributed by atoms with Gasteiger partial charge in [0, 0.05) is 12.7 Å². The van der Waals surface area contributed by atoms with Crippen LogP contribution in [0.4, 0.5) is 5.95 Å². The molecule has 0 atom stereocenters. The molecule has 0 amide bonds. The molecule has 21 heavy (non-hydrogen) atoms. The van der Waals surface area contributed by atoms with Crippen molar-refractivity contribution in [3.8, 4) is 11.6 Å². The maximum Gasteiger partial charge on any atom is 0.245 e. The number of aromatic nitrogens is 4. The van der Waals surface area contributed by atoms with Gasteiger partial charge in [-0.3, -0.25) is 4.57 Å². The molecule has 0 fully saturated rings. The normalized spacial score (nSPS) is 11.0. The van der Waals surface area contributed by atoms with E-state index in [1.54, 1.807) is 11.7 Å². The highest BCUT2D eigenvalue weighted by Crippen LogP contribution is 2.27. The zero-order valence-electron chi connectivity index (χ0n) is 11.8. The summed E-state index contributed by atoms with van der Waals surface area (Å²) in [6.45, 7) is 0.470. The summed E-state index contributed by atoms with van der Waals surface area (Å²) in [5, 5.41) is 0. The largest absolute Gasteiger partial charge is 0.479 e. The molecule has 3 aromatic rings. The molecule has 0 radical (unpaired) electrons. The van der Waals surface area contributed by atoms with Crippen molar-refractivity contribution in [2.75, 3.05) is 20.0 Å². The average molecular weight is 285 g/mol. The zero-order valence-corrected chi connectivity index (χ0v) is 11.8. The lowest BCUT2D eigenvalue weighted by atomic mass is 10.2. The van der Waals surface area contributed by atoms with Crippen LogP contribution in [0.25, 0.3) is 16.9 Å². The molecule has 0 aliphatic heterocycles. The van der Waals surface area contributed by atoms with Crippen LogP contribution >= 0.6 is 0 Å². The summed E-state index contributed by atoms with van der Waals surface area (Å²) in [7, 11) is 3.19. The second-order valence-electron chi connectivity index (χ2n) is 4.42. The number of anilines is 1. The molecule has 0 aliphatic rings. The zero-order chi connectivity index (χ0) is 14.8. The van der Waals surface area contributed by atoms with Crippen LogP contribution in [0.2, 0.25) is 0 Å². The molecular weight excluding hydrogens is 270 g/mol. The maximum absolute atomic E-state index is 6.06. The standard InChI is InChI=1S/C14H15N5O2/c1-20-7-9-5-3-4-6-10(9)19-12-11(18-14(19)15)13(21-2)17-8-16-12/h3-6,8H,7H2,1-2H3,(H2,15,18). The monoisotopic (exact) mass is 285 g/mol. The third kappa shape index (κ3) is 2.17. The van der Waals surface area contributed by atoms with Gasteiger partial charge in [0.2, 0.25) is 11.8 Å². The van der Waals surface area contributed by atoms with E-state index in [9.17, 15) is 0 Å². The Morgan fingerprint density at radius 3 is 2.76 bits per heavy atom. The van der Waals surface area contributed by atoms with Crippen LogP contribution in [-0.2, 0) is 11.3 Å². The van der Waals surface area contributed by atoms with Crippen molar-refractivity contribution in [1.82, 2.24) is 19.5 Å². The Kier molecular flexibility index (Phi) is 3.41. The molecule has 0 saturated carbocycles. The third-order valence-corrected chi connectivity index (χ3v) is 3.16. The predicted molar refractivity (Wildman–Crippen MR) is 78.3 cm³/mol. The molecule has 0 unspecified atom stereocenters. The lowest BCUT2D eigenvalue weighted by Crippen LogP contribution is -2.05. The van der Waals surface area contributed by atoms with Crippen LogP contribution in [0.5, 0.6) is 5.88 Å². The molecule has 7 nitrogen and oxygen atoms in total. The van der Waals surface area contributed by atoms with Crippen molar-refractivity contribution in [3.05, 3.63) is 36.2 Å². The molecule has 108 valence electrons. The molecule has 7 heteroatoms. The number of methoxy groups -OCH3 is 2. The Balaban J connectivity index is 2.28. The number of nitrogen functional groups attached to an aromatic ring is 1. The maximum atomic E-state index is 6.06. The van der Waals surface area contributed by atoms with Crippen molar-refractivity contribution in [3.63, 3.8) is 0 Å². The molecule has 0 saturated heterocycles. The van der Waals surface area contributed by atoms with E-state index in [4.69, 9.17) is 15.2 Å². The first-order valence-corrected chi connectivity index (χ1v) is 6.36. The first-order chi connectivity index (χ1) is 10.3. The van der Waals surface area contributed by atoms with Gasteiger partial charge in [0.1, 0.15) is 6.33 Å². The summed E-state index contributed by atoms with van der Waals surface area (Å²) in [5.74, 6) is 0.724. The summed E-state index contributed by atoms with van der Waals surface area (Å²) in [6, 6.07) is 7.80. The van der Waals surface area contributed by atoms with Gasteiger partial charge in [-0.25, -0.2) is 9.97 Å². The van der Waals surface area contributed by atoms with Gasteiger partial charge in [0.15, 0.2) is 11.2 Å². The summed E-state index contributed by atoms with van der Waals surface area (Å²) in [5.41, 5.74) is 9.06. The quantitative estimate of drug-likeness (QED) is 0.782.